The highest BCUT2D eigenvalue weighted by molar-refractivity contribution is 7.89. The molecular formula is C11H22N4O4S. The first kappa shape index (κ1) is 17.1. The second-order valence-corrected chi connectivity index (χ2v) is 5.88. The van der Waals surface area contributed by atoms with Gasteiger partial charge in [-0.1, -0.05) is 0 Å². The lowest BCUT2D eigenvalue weighted by molar-refractivity contribution is 0.0699. The summed E-state index contributed by atoms with van der Waals surface area (Å²) in [6.45, 7) is 3.63. The number of methoxy groups -OCH3 is 1. The lowest BCUT2D eigenvalue weighted by Crippen LogP contribution is -2.27. The number of nitrogens with one attached hydrogen (secondary N) is 2. The van der Waals surface area contributed by atoms with Crippen LogP contribution in [0, 0.1) is 6.92 Å². The van der Waals surface area contributed by atoms with E-state index < -0.39 is 10.0 Å². The number of hydrogen-bond donors (Lipinski definition) is 3. The topological polar surface area (TPSA) is 119 Å². The number of aromatic amines is 1. The number of hydrogen-bond acceptors (Lipinski definition) is 6. The van der Waals surface area contributed by atoms with Gasteiger partial charge in [0.05, 0.1) is 13.2 Å². The van der Waals surface area contributed by atoms with Gasteiger partial charge in [-0.25, -0.2) is 13.1 Å². The Morgan fingerprint density at radius 2 is 2.10 bits per heavy atom. The van der Waals surface area contributed by atoms with E-state index in [0.717, 1.165) is 0 Å². The zero-order valence-electron chi connectivity index (χ0n) is 11.8. The first-order valence-corrected chi connectivity index (χ1v) is 7.81. The minimum absolute atomic E-state index is 0.0298. The first-order valence-electron chi connectivity index (χ1n) is 6.33. The van der Waals surface area contributed by atoms with E-state index in [-0.39, 0.29) is 18.1 Å². The number of H-pyrrole nitrogens is 1. The fourth-order valence-electron chi connectivity index (χ4n) is 1.59. The van der Waals surface area contributed by atoms with Crippen LogP contribution in [0.15, 0.2) is 5.03 Å². The number of ether oxygens (including phenoxy) is 2. The molecular weight excluding hydrogens is 284 g/mol. The molecule has 0 atom stereocenters. The maximum atomic E-state index is 12.1. The third-order valence-electron chi connectivity index (χ3n) is 2.68. The summed E-state index contributed by atoms with van der Waals surface area (Å²) >= 11 is 0. The molecule has 20 heavy (non-hydrogen) atoms. The third kappa shape index (κ3) is 4.84. The van der Waals surface area contributed by atoms with Crippen molar-refractivity contribution in [2.24, 2.45) is 5.73 Å². The van der Waals surface area contributed by atoms with Crippen molar-refractivity contribution in [2.75, 3.05) is 33.5 Å². The number of nitrogens with two attached hydrogens (primary N) is 1. The molecule has 0 saturated heterocycles. The highest BCUT2D eigenvalue weighted by Crippen LogP contribution is 2.14. The van der Waals surface area contributed by atoms with Gasteiger partial charge in [0.2, 0.25) is 0 Å². The molecule has 1 rings (SSSR count). The van der Waals surface area contributed by atoms with E-state index in [4.69, 9.17) is 15.2 Å². The molecule has 1 aromatic rings. The van der Waals surface area contributed by atoms with Gasteiger partial charge in [-0.05, 0) is 13.3 Å². The van der Waals surface area contributed by atoms with Crippen LogP contribution >= 0.6 is 0 Å². The van der Waals surface area contributed by atoms with Crippen LogP contribution in [0.2, 0.25) is 0 Å². The Balaban J connectivity index is 2.42. The van der Waals surface area contributed by atoms with Crippen molar-refractivity contribution < 1.29 is 17.9 Å². The van der Waals surface area contributed by atoms with Gasteiger partial charge < -0.3 is 15.2 Å². The highest BCUT2D eigenvalue weighted by Gasteiger charge is 2.22. The zero-order chi connectivity index (χ0) is 15.0. The third-order valence-corrected chi connectivity index (χ3v) is 4.11. The van der Waals surface area contributed by atoms with Crippen LogP contribution in [-0.4, -0.2) is 52.1 Å². The van der Waals surface area contributed by atoms with Crippen molar-refractivity contribution in [2.45, 2.75) is 24.9 Å². The molecule has 0 bridgehead atoms. The summed E-state index contributed by atoms with van der Waals surface area (Å²) in [5.41, 5.74) is 6.70. The minimum atomic E-state index is -3.63. The Labute approximate surface area is 119 Å². The maximum absolute atomic E-state index is 12.1. The van der Waals surface area contributed by atoms with E-state index in [1.165, 1.54) is 0 Å². The molecule has 0 saturated carbocycles. The summed E-state index contributed by atoms with van der Waals surface area (Å²) < 4.78 is 36.6. The van der Waals surface area contributed by atoms with Gasteiger partial charge in [-0.15, -0.1) is 0 Å². The van der Waals surface area contributed by atoms with Crippen LogP contribution in [0.1, 0.15) is 17.7 Å². The summed E-state index contributed by atoms with van der Waals surface area (Å²) in [5.74, 6) is 0. The van der Waals surface area contributed by atoms with E-state index in [1.807, 2.05) is 0 Å². The molecule has 4 N–H and O–H groups in total. The van der Waals surface area contributed by atoms with Gasteiger partial charge >= 0.3 is 0 Å². The van der Waals surface area contributed by atoms with Crippen LogP contribution < -0.4 is 10.5 Å². The van der Waals surface area contributed by atoms with Gasteiger partial charge in [0, 0.05) is 38.1 Å². The molecule has 1 heterocycles. The lowest BCUT2D eigenvalue weighted by Gasteiger charge is -2.06. The standard InChI is InChI=1S/C11H22N4O4S/c1-9-10(8-12)11(15-14-9)20(16,17)13-4-3-5-19-7-6-18-2/h13H,3-8,12H2,1-2H3,(H,14,15). The predicted molar refractivity (Wildman–Crippen MR) is 73.7 cm³/mol. The lowest BCUT2D eigenvalue weighted by atomic mass is 10.3. The first-order chi connectivity index (χ1) is 9.53. The summed E-state index contributed by atoms with van der Waals surface area (Å²) in [7, 11) is -2.04. The molecule has 116 valence electrons. The van der Waals surface area contributed by atoms with Crippen LogP contribution in [0.4, 0.5) is 0 Å². The molecule has 0 aliphatic heterocycles. The normalized spacial score (nSPS) is 11.9. The molecule has 9 heteroatoms. The van der Waals surface area contributed by atoms with Crippen LogP contribution in [0.5, 0.6) is 0 Å². The molecule has 0 radical (unpaired) electrons. The summed E-state index contributed by atoms with van der Waals surface area (Å²) in [6, 6.07) is 0. The quantitative estimate of drug-likeness (QED) is 0.502. The number of sulfonamides is 1. The van der Waals surface area contributed by atoms with Crippen molar-refractivity contribution in [3.8, 4) is 0 Å². The Morgan fingerprint density at radius 3 is 2.75 bits per heavy atom. The largest absolute Gasteiger partial charge is 0.382 e. The molecule has 0 amide bonds. The van der Waals surface area contributed by atoms with E-state index in [1.54, 1.807) is 14.0 Å². The fraction of sp³-hybridized carbons (Fsp3) is 0.727. The van der Waals surface area contributed by atoms with Crippen molar-refractivity contribution in [1.82, 2.24) is 14.9 Å². The summed E-state index contributed by atoms with van der Waals surface area (Å²) in [6.07, 6.45) is 0.574. The van der Waals surface area contributed by atoms with Gasteiger partial charge in [0.15, 0.2) is 5.03 Å². The Hall–Kier alpha value is -1.00. The number of aryl methyl sites for hydroxylation is 1. The zero-order valence-corrected chi connectivity index (χ0v) is 12.6. The van der Waals surface area contributed by atoms with E-state index in [0.29, 0.717) is 37.5 Å². The molecule has 0 unspecified atom stereocenters. The molecule has 1 aromatic heterocycles. The van der Waals surface area contributed by atoms with E-state index >= 15 is 0 Å². The second kappa shape index (κ2) is 8.32. The number of aromatic nitrogens is 2. The average molecular weight is 306 g/mol. The highest BCUT2D eigenvalue weighted by atomic mass is 32.2. The molecule has 8 nitrogen and oxygen atoms in total. The molecule has 0 spiro atoms. The van der Waals surface area contributed by atoms with Gasteiger partial charge in [0.1, 0.15) is 0 Å². The predicted octanol–water partition coefficient (Wildman–Crippen LogP) is -0.492. The minimum Gasteiger partial charge on any atom is -0.382 e. The fourth-order valence-corrected chi connectivity index (χ4v) is 2.86. The van der Waals surface area contributed by atoms with E-state index in [9.17, 15) is 8.42 Å². The summed E-state index contributed by atoms with van der Waals surface area (Å²) in [5, 5.41) is 6.40. The Bertz CT molecular complexity index is 501. The van der Waals surface area contributed by atoms with Crippen molar-refractivity contribution in [3.63, 3.8) is 0 Å². The van der Waals surface area contributed by atoms with Gasteiger partial charge in [0.25, 0.3) is 10.0 Å². The average Bonchev–Trinajstić information content (AvgIpc) is 2.79. The van der Waals surface area contributed by atoms with Crippen LogP contribution in [0.3, 0.4) is 0 Å². The number of nitrogens with zero attached hydrogens (tertiary/aromatic N) is 1. The number of rotatable bonds is 10. The van der Waals surface area contributed by atoms with Gasteiger partial charge in [-0.3, -0.25) is 5.10 Å². The monoisotopic (exact) mass is 306 g/mol. The molecule has 0 aromatic carbocycles. The Kier molecular flexibility index (Phi) is 7.10. The summed E-state index contributed by atoms with van der Waals surface area (Å²) in [4.78, 5) is 0. The van der Waals surface area contributed by atoms with Crippen LogP contribution in [0.25, 0.3) is 0 Å². The van der Waals surface area contributed by atoms with Crippen molar-refractivity contribution >= 4 is 10.0 Å². The molecule has 0 aliphatic rings. The van der Waals surface area contributed by atoms with Gasteiger partial charge in [-0.2, -0.15) is 5.10 Å². The smallest absolute Gasteiger partial charge is 0.260 e. The molecule has 0 fully saturated rings. The SMILES string of the molecule is COCCOCCCNS(=O)(=O)c1n[nH]c(C)c1CN. The Morgan fingerprint density at radius 1 is 1.35 bits per heavy atom. The van der Waals surface area contributed by atoms with Crippen molar-refractivity contribution in [3.05, 3.63) is 11.3 Å². The van der Waals surface area contributed by atoms with Crippen molar-refractivity contribution in [1.29, 1.82) is 0 Å². The van der Waals surface area contributed by atoms with E-state index in [2.05, 4.69) is 14.9 Å². The van der Waals surface area contributed by atoms with Crippen LogP contribution in [-0.2, 0) is 26.0 Å². The maximum Gasteiger partial charge on any atom is 0.260 e. The molecule has 0 aliphatic carbocycles. The second-order valence-electron chi connectivity index (χ2n) is 4.19.